The number of tetrazole rings is 1. The van der Waals surface area contributed by atoms with Crippen LogP contribution in [0.4, 0.5) is 4.39 Å². The van der Waals surface area contributed by atoms with Crippen LogP contribution in [0.15, 0.2) is 29.4 Å². The van der Waals surface area contributed by atoms with E-state index in [0.29, 0.717) is 17.4 Å². The van der Waals surface area contributed by atoms with Crippen molar-refractivity contribution in [1.29, 1.82) is 0 Å². The van der Waals surface area contributed by atoms with E-state index < -0.39 is 6.10 Å². The average molecular weight is 280 g/mol. The van der Waals surface area contributed by atoms with Gasteiger partial charge in [0.1, 0.15) is 5.82 Å². The summed E-state index contributed by atoms with van der Waals surface area (Å²) in [7, 11) is 0. The highest BCUT2D eigenvalue weighted by Crippen LogP contribution is 2.36. The molecule has 1 aliphatic rings. The van der Waals surface area contributed by atoms with Crippen LogP contribution in [0, 0.1) is 5.82 Å². The zero-order chi connectivity index (χ0) is 13.2. The van der Waals surface area contributed by atoms with Gasteiger partial charge in [-0.2, -0.15) is 0 Å². The number of aliphatic hydroxyl groups is 1. The van der Waals surface area contributed by atoms with Gasteiger partial charge in [0.15, 0.2) is 0 Å². The van der Waals surface area contributed by atoms with Crippen LogP contribution in [0.2, 0.25) is 0 Å². The molecule has 1 aliphatic carbocycles. The minimum absolute atomic E-state index is 0.304. The number of aliphatic hydroxyl groups excluding tert-OH is 1. The number of aromatic nitrogens is 4. The minimum Gasteiger partial charge on any atom is -0.388 e. The Morgan fingerprint density at radius 1 is 1.37 bits per heavy atom. The van der Waals surface area contributed by atoms with Crippen molar-refractivity contribution in [2.24, 2.45) is 0 Å². The molecule has 1 aromatic heterocycles. The summed E-state index contributed by atoms with van der Waals surface area (Å²) in [6.07, 6.45) is 1.56. The molecule has 1 atom stereocenters. The van der Waals surface area contributed by atoms with Crippen molar-refractivity contribution < 1.29 is 9.50 Å². The molecule has 0 bridgehead atoms. The second-order valence-electron chi connectivity index (χ2n) is 4.52. The summed E-state index contributed by atoms with van der Waals surface area (Å²) in [5, 5.41) is 22.3. The fraction of sp³-hybridized carbons (Fsp3) is 0.417. The number of thioether (sulfide) groups is 1. The van der Waals surface area contributed by atoms with Gasteiger partial charge in [0.05, 0.1) is 12.1 Å². The normalized spacial score (nSPS) is 16.5. The Kier molecular flexibility index (Phi) is 3.48. The second-order valence-corrected chi connectivity index (χ2v) is 5.50. The van der Waals surface area contributed by atoms with E-state index in [1.807, 2.05) is 4.68 Å². The molecule has 19 heavy (non-hydrogen) atoms. The summed E-state index contributed by atoms with van der Waals surface area (Å²) in [6.45, 7) is 0. The maximum absolute atomic E-state index is 12.8. The third kappa shape index (κ3) is 2.93. The number of nitrogens with zero attached hydrogens (tertiary/aromatic N) is 4. The molecule has 5 nitrogen and oxygen atoms in total. The quantitative estimate of drug-likeness (QED) is 0.848. The monoisotopic (exact) mass is 280 g/mol. The van der Waals surface area contributed by atoms with Crippen molar-refractivity contribution in [3.05, 3.63) is 35.6 Å². The van der Waals surface area contributed by atoms with Gasteiger partial charge < -0.3 is 5.11 Å². The molecular weight excluding hydrogens is 267 g/mol. The SMILES string of the molecule is OC(CSc1nnnn1C1CC1)c1ccc(F)cc1. The number of benzene rings is 1. The molecule has 0 saturated heterocycles. The highest BCUT2D eigenvalue weighted by molar-refractivity contribution is 7.99. The first-order chi connectivity index (χ1) is 9.24. The maximum Gasteiger partial charge on any atom is 0.209 e. The summed E-state index contributed by atoms with van der Waals surface area (Å²) < 4.78 is 14.6. The number of rotatable bonds is 5. The molecule has 1 saturated carbocycles. The average Bonchev–Trinajstić information content (AvgIpc) is 3.16. The van der Waals surface area contributed by atoms with E-state index in [4.69, 9.17) is 0 Å². The molecule has 1 heterocycles. The van der Waals surface area contributed by atoms with Crippen LogP contribution in [-0.4, -0.2) is 31.1 Å². The number of hydrogen-bond donors (Lipinski definition) is 1. The molecule has 1 unspecified atom stereocenters. The lowest BCUT2D eigenvalue weighted by atomic mass is 10.1. The Morgan fingerprint density at radius 2 is 2.11 bits per heavy atom. The molecule has 1 aromatic carbocycles. The lowest BCUT2D eigenvalue weighted by molar-refractivity contribution is 0.204. The van der Waals surface area contributed by atoms with E-state index in [1.54, 1.807) is 12.1 Å². The molecule has 100 valence electrons. The lowest BCUT2D eigenvalue weighted by Gasteiger charge is -2.10. The third-order valence-corrected chi connectivity index (χ3v) is 3.99. The minimum atomic E-state index is -0.657. The van der Waals surface area contributed by atoms with Gasteiger partial charge in [-0.05, 0) is 41.0 Å². The number of halogens is 1. The molecule has 2 aromatic rings. The van der Waals surface area contributed by atoms with Crippen LogP contribution >= 0.6 is 11.8 Å². The lowest BCUT2D eigenvalue weighted by Crippen LogP contribution is -2.04. The highest BCUT2D eigenvalue weighted by Gasteiger charge is 2.28. The van der Waals surface area contributed by atoms with Gasteiger partial charge in [-0.15, -0.1) is 5.10 Å². The largest absolute Gasteiger partial charge is 0.388 e. The predicted octanol–water partition coefficient (Wildman–Crippen LogP) is 1.97. The molecular formula is C12H13FN4OS. The van der Waals surface area contributed by atoms with E-state index in [-0.39, 0.29) is 5.82 Å². The molecule has 1 fully saturated rings. The summed E-state index contributed by atoms with van der Waals surface area (Å²) >= 11 is 1.41. The summed E-state index contributed by atoms with van der Waals surface area (Å²) in [5.41, 5.74) is 0.694. The fourth-order valence-electron chi connectivity index (χ4n) is 1.76. The van der Waals surface area contributed by atoms with Crippen molar-refractivity contribution in [3.63, 3.8) is 0 Å². The summed E-state index contributed by atoms with van der Waals surface area (Å²) in [4.78, 5) is 0. The van der Waals surface area contributed by atoms with E-state index in [9.17, 15) is 9.50 Å². The second kappa shape index (κ2) is 5.26. The van der Waals surface area contributed by atoms with Crippen molar-refractivity contribution in [2.45, 2.75) is 30.1 Å². The topological polar surface area (TPSA) is 63.8 Å². The van der Waals surface area contributed by atoms with E-state index in [0.717, 1.165) is 18.0 Å². The molecule has 3 rings (SSSR count). The Hall–Kier alpha value is -1.47. The smallest absolute Gasteiger partial charge is 0.209 e. The van der Waals surface area contributed by atoms with Crippen LogP contribution in [-0.2, 0) is 0 Å². The zero-order valence-corrected chi connectivity index (χ0v) is 10.9. The van der Waals surface area contributed by atoms with Gasteiger partial charge in [-0.3, -0.25) is 0 Å². The molecule has 0 spiro atoms. The van der Waals surface area contributed by atoms with Crippen molar-refractivity contribution in [1.82, 2.24) is 20.2 Å². The van der Waals surface area contributed by atoms with Crippen molar-refractivity contribution >= 4 is 11.8 Å². The van der Waals surface area contributed by atoms with Crippen molar-refractivity contribution in [3.8, 4) is 0 Å². The van der Waals surface area contributed by atoms with Gasteiger partial charge in [-0.25, -0.2) is 9.07 Å². The Bertz CT molecular complexity index is 555. The first-order valence-electron chi connectivity index (χ1n) is 6.08. The first-order valence-corrected chi connectivity index (χ1v) is 7.07. The Morgan fingerprint density at radius 3 is 2.79 bits per heavy atom. The molecule has 0 radical (unpaired) electrons. The first kappa shape index (κ1) is 12.6. The van der Waals surface area contributed by atoms with Gasteiger partial charge in [0.25, 0.3) is 0 Å². The van der Waals surface area contributed by atoms with E-state index in [1.165, 1.54) is 23.9 Å². The van der Waals surface area contributed by atoms with Crippen LogP contribution in [0.25, 0.3) is 0 Å². The van der Waals surface area contributed by atoms with Crippen molar-refractivity contribution in [2.75, 3.05) is 5.75 Å². The van der Waals surface area contributed by atoms with Crippen LogP contribution in [0.5, 0.6) is 0 Å². The Labute approximate surface area is 113 Å². The van der Waals surface area contributed by atoms with Gasteiger partial charge in [0.2, 0.25) is 5.16 Å². The molecule has 1 N–H and O–H groups in total. The summed E-state index contributed by atoms with van der Waals surface area (Å²) in [5.74, 6) is 0.139. The standard InChI is InChI=1S/C12H13FN4OS/c13-9-3-1-8(2-4-9)11(18)7-19-12-14-15-16-17(12)10-5-6-10/h1-4,10-11,18H,5-7H2. The highest BCUT2D eigenvalue weighted by atomic mass is 32.2. The molecule has 0 aliphatic heterocycles. The van der Waals surface area contributed by atoms with Crippen LogP contribution in [0.3, 0.4) is 0 Å². The van der Waals surface area contributed by atoms with Crippen LogP contribution < -0.4 is 0 Å². The summed E-state index contributed by atoms with van der Waals surface area (Å²) in [6, 6.07) is 6.28. The zero-order valence-electron chi connectivity index (χ0n) is 10.1. The van der Waals surface area contributed by atoms with E-state index >= 15 is 0 Å². The predicted molar refractivity (Wildman–Crippen MR) is 68.2 cm³/mol. The Balaban J connectivity index is 1.62. The van der Waals surface area contributed by atoms with Gasteiger partial charge >= 0.3 is 0 Å². The van der Waals surface area contributed by atoms with Crippen LogP contribution in [0.1, 0.15) is 30.6 Å². The fourth-order valence-corrected chi connectivity index (χ4v) is 2.67. The molecule has 7 heteroatoms. The van der Waals surface area contributed by atoms with Gasteiger partial charge in [0, 0.05) is 5.75 Å². The van der Waals surface area contributed by atoms with E-state index in [2.05, 4.69) is 15.5 Å². The maximum atomic E-state index is 12.8. The molecule has 0 amide bonds. The third-order valence-electron chi connectivity index (χ3n) is 2.98. The number of hydrogen-bond acceptors (Lipinski definition) is 5. The van der Waals surface area contributed by atoms with Gasteiger partial charge in [-0.1, -0.05) is 23.9 Å².